The van der Waals surface area contributed by atoms with Crippen molar-refractivity contribution in [1.82, 2.24) is 30.1 Å². The van der Waals surface area contributed by atoms with E-state index in [1.165, 1.54) is 0 Å². The molecule has 0 aliphatic carbocycles. The molecule has 164 valence electrons. The van der Waals surface area contributed by atoms with Crippen molar-refractivity contribution in [3.63, 3.8) is 0 Å². The Bertz CT molecular complexity index is 1230. The number of amides is 1. The predicted molar refractivity (Wildman–Crippen MR) is 118 cm³/mol. The number of benzene rings is 2. The van der Waals surface area contributed by atoms with E-state index >= 15 is 0 Å². The summed E-state index contributed by atoms with van der Waals surface area (Å²) >= 11 is 0. The molecule has 0 bridgehead atoms. The van der Waals surface area contributed by atoms with E-state index in [0.717, 1.165) is 35.3 Å². The SMILES string of the molecule is CCOc1ccccc1-c1noc(CN2CCN(C(=O)c3n[nH]c4ccccc34)CC2)n1. The minimum atomic E-state index is -0.0466. The molecule has 1 saturated heterocycles. The summed E-state index contributed by atoms with van der Waals surface area (Å²) in [7, 11) is 0. The van der Waals surface area contributed by atoms with Crippen LogP contribution in [-0.2, 0) is 6.54 Å². The van der Waals surface area contributed by atoms with Crippen LogP contribution in [-0.4, -0.2) is 68.8 Å². The second-order valence-electron chi connectivity index (χ2n) is 7.63. The van der Waals surface area contributed by atoms with Crippen LogP contribution >= 0.6 is 0 Å². The van der Waals surface area contributed by atoms with Crippen LogP contribution < -0.4 is 4.74 Å². The Hall–Kier alpha value is -3.72. The van der Waals surface area contributed by atoms with Gasteiger partial charge in [-0.15, -0.1) is 0 Å². The van der Waals surface area contributed by atoms with Crippen LogP contribution in [0.5, 0.6) is 5.75 Å². The van der Waals surface area contributed by atoms with Crippen molar-refractivity contribution in [1.29, 1.82) is 0 Å². The van der Waals surface area contributed by atoms with Crippen molar-refractivity contribution in [2.75, 3.05) is 32.8 Å². The fourth-order valence-corrected chi connectivity index (χ4v) is 3.94. The number of hydrogen-bond donors (Lipinski definition) is 1. The second-order valence-corrected chi connectivity index (χ2v) is 7.63. The van der Waals surface area contributed by atoms with Crippen LogP contribution in [0.4, 0.5) is 0 Å². The number of aromatic nitrogens is 4. The van der Waals surface area contributed by atoms with Gasteiger partial charge in [0.25, 0.3) is 5.91 Å². The average molecular weight is 432 g/mol. The number of H-pyrrole nitrogens is 1. The van der Waals surface area contributed by atoms with E-state index in [0.29, 0.717) is 43.7 Å². The summed E-state index contributed by atoms with van der Waals surface area (Å²) in [5.41, 5.74) is 2.15. The summed E-state index contributed by atoms with van der Waals surface area (Å²) in [5, 5.41) is 12.2. The first-order chi connectivity index (χ1) is 15.7. The quantitative estimate of drug-likeness (QED) is 0.500. The number of ether oxygens (including phenoxy) is 1. The van der Waals surface area contributed by atoms with E-state index < -0.39 is 0 Å². The van der Waals surface area contributed by atoms with Crippen LogP contribution in [0.1, 0.15) is 23.3 Å². The Kier molecular flexibility index (Phi) is 5.55. The maximum atomic E-state index is 13.0. The zero-order valence-corrected chi connectivity index (χ0v) is 17.8. The number of fused-ring (bicyclic) bond motifs is 1. The molecule has 9 nitrogen and oxygen atoms in total. The Morgan fingerprint density at radius 1 is 1.09 bits per heavy atom. The number of nitrogens with zero attached hydrogens (tertiary/aromatic N) is 5. The van der Waals surface area contributed by atoms with E-state index in [9.17, 15) is 4.79 Å². The lowest BCUT2D eigenvalue weighted by Gasteiger charge is -2.33. The first kappa shape index (κ1) is 20.2. The monoisotopic (exact) mass is 432 g/mol. The number of hydrogen-bond acceptors (Lipinski definition) is 7. The van der Waals surface area contributed by atoms with Gasteiger partial charge in [0.2, 0.25) is 11.7 Å². The highest BCUT2D eigenvalue weighted by molar-refractivity contribution is 6.04. The molecule has 4 aromatic rings. The molecule has 0 atom stereocenters. The standard InChI is InChI=1S/C23H24N6O3/c1-2-31-19-10-6-4-8-17(19)22-24-20(32-27-22)15-28-11-13-29(14-12-28)23(30)21-16-7-3-5-9-18(16)25-26-21/h3-10H,2,11-15H2,1H3,(H,25,26). The van der Waals surface area contributed by atoms with Gasteiger partial charge < -0.3 is 14.2 Å². The molecule has 1 amide bonds. The Balaban J connectivity index is 1.21. The number of nitrogens with one attached hydrogen (secondary N) is 1. The molecule has 0 unspecified atom stereocenters. The van der Waals surface area contributed by atoms with Crippen molar-refractivity contribution < 1.29 is 14.1 Å². The van der Waals surface area contributed by atoms with E-state index in [2.05, 4.69) is 25.2 Å². The van der Waals surface area contributed by atoms with E-state index in [1.807, 2.05) is 60.4 Å². The molecule has 1 aliphatic rings. The second kappa shape index (κ2) is 8.80. The summed E-state index contributed by atoms with van der Waals surface area (Å²) in [4.78, 5) is 21.6. The maximum Gasteiger partial charge on any atom is 0.275 e. The molecule has 0 saturated carbocycles. The average Bonchev–Trinajstić information content (AvgIpc) is 3.47. The Morgan fingerprint density at radius 3 is 2.72 bits per heavy atom. The van der Waals surface area contributed by atoms with Crippen LogP contribution in [0.3, 0.4) is 0 Å². The number of aromatic amines is 1. The van der Waals surface area contributed by atoms with Gasteiger partial charge in [0, 0.05) is 31.6 Å². The highest BCUT2D eigenvalue weighted by atomic mass is 16.5. The van der Waals surface area contributed by atoms with Crippen molar-refractivity contribution in [2.45, 2.75) is 13.5 Å². The molecule has 2 aromatic heterocycles. The summed E-state index contributed by atoms with van der Waals surface area (Å²) in [6.45, 7) is 5.73. The summed E-state index contributed by atoms with van der Waals surface area (Å²) in [6, 6.07) is 15.3. The molecular weight excluding hydrogens is 408 g/mol. The third-order valence-electron chi connectivity index (χ3n) is 5.59. The zero-order chi connectivity index (χ0) is 21.9. The van der Waals surface area contributed by atoms with Gasteiger partial charge in [0.05, 0.1) is 24.2 Å². The molecule has 1 aliphatic heterocycles. The number of rotatable bonds is 6. The van der Waals surface area contributed by atoms with Gasteiger partial charge in [0.1, 0.15) is 5.75 Å². The number of carbonyl (C=O) groups is 1. The molecule has 0 spiro atoms. The number of piperazine rings is 1. The van der Waals surface area contributed by atoms with Crippen molar-refractivity contribution in [3.8, 4) is 17.1 Å². The third kappa shape index (κ3) is 3.94. The lowest BCUT2D eigenvalue weighted by Crippen LogP contribution is -2.48. The van der Waals surface area contributed by atoms with E-state index in [-0.39, 0.29) is 5.91 Å². The van der Waals surface area contributed by atoms with Gasteiger partial charge in [-0.25, -0.2) is 0 Å². The minimum absolute atomic E-state index is 0.0466. The Morgan fingerprint density at radius 2 is 1.88 bits per heavy atom. The van der Waals surface area contributed by atoms with Gasteiger partial charge in [0.15, 0.2) is 5.69 Å². The fraction of sp³-hybridized carbons (Fsp3) is 0.304. The van der Waals surface area contributed by atoms with Gasteiger partial charge >= 0.3 is 0 Å². The summed E-state index contributed by atoms with van der Waals surface area (Å²) in [5.74, 6) is 1.75. The van der Waals surface area contributed by atoms with Gasteiger partial charge in [-0.3, -0.25) is 14.8 Å². The van der Waals surface area contributed by atoms with Crippen molar-refractivity contribution in [3.05, 3.63) is 60.1 Å². The molecule has 32 heavy (non-hydrogen) atoms. The zero-order valence-electron chi connectivity index (χ0n) is 17.8. The van der Waals surface area contributed by atoms with Crippen LogP contribution in [0, 0.1) is 0 Å². The topological polar surface area (TPSA) is 100 Å². The molecular formula is C23H24N6O3. The first-order valence-electron chi connectivity index (χ1n) is 10.7. The molecule has 1 N–H and O–H groups in total. The third-order valence-corrected chi connectivity index (χ3v) is 5.59. The molecule has 0 radical (unpaired) electrons. The van der Waals surface area contributed by atoms with Crippen LogP contribution in [0.15, 0.2) is 53.1 Å². The van der Waals surface area contributed by atoms with E-state index in [1.54, 1.807) is 0 Å². The molecule has 9 heteroatoms. The highest BCUT2D eigenvalue weighted by Gasteiger charge is 2.26. The smallest absolute Gasteiger partial charge is 0.275 e. The first-order valence-corrected chi connectivity index (χ1v) is 10.7. The minimum Gasteiger partial charge on any atom is -0.493 e. The lowest BCUT2D eigenvalue weighted by atomic mass is 10.2. The maximum absolute atomic E-state index is 13.0. The van der Waals surface area contributed by atoms with Crippen molar-refractivity contribution in [2.24, 2.45) is 0 Å². The highest BCUT2D eigenvalue weighted by Crippen LogP contribution is 2.27. The number of para-hydroxylation sites is 2. The molecule has 3 heterocycles. The van der Waals surface area contributed by atoms with Gasteiger partial charge in [-0.1, -0.05) is 35.5 Å². The number of carbonyl (C=O) groups excluding carboxylic acids is 1. The predicted octanol–water partition coefficient (Wildman–Crippen LogP) is 2.97. The van der Waals surface area contributed by atoms with Gasteiger partial charge in [-0.05, 0) is 25.1 Å². The molecule has 2 aromatic carbocycles. The van der Waals surface area contributed by atoms with Crippen LogP contribution in [0.2, 0.25) is 0 Å². The summed E-state index contributed by atoms with van der Waals surface area (Å²) in [6.07, 6.45) is 0. The summed E-state index contributed by atoms with van der Waals surface area (Å²) < 4.78 is 11.1. The fourth-order valence-electron chi connectivity index (χ4n) is 3.94. The Labute approximate surface area is 185 Å². The van der Waals surface area contributed by atoms with E-state index in [4.69, 9.17) is 9.26 Å². The molecule has 1 fully saturated rings. The van der Waals surface area contributed by atoms with Gasteiger partial charge in [-0.2, -0.15) is 10.1 Å². The normalized spacial score (nSPS) is 14.7. The van der Waals surface area contributed by atoms with Crippen LogP contribution in [0.25, 0.3) is 22.3 Å². The molecule has 5 rings (SSSR count). The lowest BCUT2D eigenvalue weighted by molar-refractivity contribution is 0.0611. The largest absolute Gasteiger partial charge is 0.493 e. The van der Waals surface area contributed by atoms with Crippen molar-refractivity contribution >= 4 is 16.8 Å².